The Hall–Kier alpha value is -2.50. The summed E-state index contributed by atoms with van der Waals surface area (Å²) in [6.07, 6.45) is 2.03. The van der Waals surface area contributed by atoms with Crippen LogP contribution < -0.4 is 5.32 Å². The van der Waals surface area contributed by atoms with E-state index in [0.29, 0.717) is 6.54 Å². The lowest BCUT2D eigenvalue weighted by atomic mass is 10.1. The summed E-state index contributed by atoms with van der Waals surface area (Å²) in [6.45, 7) is 2.35. The normalized spacial score (nSPS) is 12.1. The number of fused-ring (bicyclic) bond motifs is 1. The number of carboxylic acids is 1. The second-order valence-electron chi connectivity index (χ2n) is 4.92. The van der Waals surface area contributed by atoms with E-state index in [9.17, 15) is 14.7 Å². The van der Waals surface area contributed by atoms with Crippen molar-refractivity contribution in [3.8, 4) is 0 Å². The molecule has 2 aromatic rings. The number of carbonyl (C=O) groups excluding carboxylic acids is 1. The average Bonchev–Trinajstić information content (AvgIpc) is 2.88. The quantitative estimate of drug-likeness (QED) is 0.785. The van der Waals surface area contributed by atoms with Crippen molar-refractivity contribution in [2.75, 3.05) is 13.6 Å². The summed E-state index contributed by atoms with van der Waals surface area (Å²) in [7, 11) is 1.62. The molecule has 0 aliphatic heterocycles. The molecule has 3 N–H and O–H groups in total. The van der Waals surface area contributed by atoms with E-state index >= 15 is 0 Å². The molecule has 1 heterocycles. The zero-order chi connectivity index (χ0) is 15.4. The topological polar surface area (TPSA) is 85.4 Å². The molecule has 0 bridgehead atoms. The fraction of sp³-hybridized carbons (Fsp3) is 0.333. The molecule has 6 heteroatoms. The van der Waals surface area contributed by atoms with Crippen LogP contribution in [0, 0.1) is 0 Å². The first-order valence-corrected chi connectivity index (χ1v) is 6.82. The zero-order valence-corrected chi connectivity index (χ0v) is 12.1. The minimum absolute atomic E-state index is 0.239. The number of hydrogen-bond acceptors (Lipinski definition) is 2. The van der Waals surface area contributed by atoms with Crippen LogP contribution in [0.4, 0.5) is 4.79 Å². The highest BCUT2D eigenvalue weighted by molar-refractivity contribution is 5.86. The van der Waals surface area contributed by atoms with Crippen molar-refractivity contribution in [2.45, 2.75) is 19.4 Å². The average molecular weight is 289 g/mol. The highest BCUT2D eigenvalue weighted by atomic mass is 16.4. The molecule has 0 fully saturated rings. The molecule has 2 rings (SSSR count). The third-order valence-electron chi connectivity index (χ3n) is 3.52. The number of urea groups is 1. The maximum absolute atomic E-state index is 11.8. The van der Waals surface area contributed by atoms with Crippen LogP contribution in [0.3, 0.4) is 0 Å². The van der Waals surface area contributed by atoms with E-state index in [1.807, 2.05) is 31.2 Å². The number of carbonyl (C=O) groups is 2. The summed E-state index contributed by atoms with van der Waals surface area (Å²) in [4.78, 5) is 27.7. The summed E-state index contributed by atoms with van der Waals surface area (Å²) < 4.78 is 0. The predicted octanol–water partition coefficient (Wildman–Crippen LogP) is 1.82. The van der Waals surface area contributed by atoms with Gasteiger partial charge in [0, 0.05) is 37.1 Å². The largest absolute Gasteiger partial charge is 0.480 e. The first kappa shape index (κ1) is 14.9. The predicted molar refractivity (Wildman–Crippen MR) is 80.3 cm³/mol. The number of H-pyrrole nitrogens is 1. The Morgan fingerprint density at radius 1 is 1.38 bits per heavy atom. The Bertz CT molecular complexity index is 650. The van der Waals surface area contributed by atoms with Gasteiger partial charge in [-0.3, -0.25) is 0 Å². The molecule has 21 heavy (non-hydrogen) atoms. The molecular weight excluding hydrogens is 270 g/mol. The summed E-state index contributed by atoms with van der Waals surface area (Å²) in [5.41, 5.74) is 1.83. The Kier molecular flexibility index (Phi) is 4.47. The number of amides is 2. The Labute approximate surface area is 122 Å². The number of benzene rings is 1. The van der Waals surface area contributed by atoms with E-state index in [-0.39, 0.29) is 12.5 Å². The Balaban J connectivity index is 2.17. The summed E-state index contributed by atoms with van der Waals surface area (Å²) in [5, 5.41) is 12.8. The first-order valence-electron chi connectivity index (χ1n) is 6.82. The van der Waals surface area contributed by atoms with Crippen LogP contribution in [0.5, 0.6) is 0 Å². The van der Waals surface area contributed by atoms with Crippen molar-refractivity contribution in [1.82, 2.24) is 15.2 Å². The van der Waals surface area contributed by atoms with E-state index in [4.69, 9.17) is 0 Å². The number of nitrogens with one attached hydrogen (secondary N) is 2. The van der Waals surface area contributed by atoms with Crippen molar-refractivity contribution in [3.63, 3.8) is 0 Å². The SMILES string of the molecule is CCN(C)C(=O)N[C@@H](Cc1c[nH]c2ccccc12)C(=O)O. The van der Waals surface area contributed by atoms with Gasteiger partial charge in [-0.1, -0.05) is 18.2 Å². The lowest BCUT2D eigenvalue weighted by molar-refractivity contribution is -0.139. The maximum Gasteiger partial charge on any atom is 0.326 e. The van der Waals surface area contributed by atoms with Gasteiger partial charge in [0.2, 0.25) is 0 Å². The molecule has 0 saturated carbocycles. The van der Waals surface area contributed by atoms with Crippen molar-refractivity contribution in [1.29, 1.82) is 0 Å². The van der Waals surface area contributed by atoms with Gasteiger partial charge in [-0.15, -0.1) is 0 Å². The van der Waals surface area contributed by atoms with E-state index in [0.717, 1.165) is 16.5 Å². The van der Waals surface area contributed by atoms with Gasteiger partial charge < -0.3 is 20.3 Å². The van der Waals surface area contributed by atoms with Crippen molar-refractivity contribution < 1.29 is 14.7 Å². The first-order chi connectivity index (χ1) is 10.0. The molecule has 1 aromatic carbocycles. The highest BCUT2D eigenvalue weighted by Gasteiger charge is 2.22. The molecule has 0 saturated heterocycles. The number of aromatic nitrogens is 1. The van der Waals surface area contributed by atoms with Crippen molar-refractivity contribution in [3.05, 3.63) is 36.0 Å². The fourth-order valence-corrected chi connectivity index (χ4v) is 2.12. The lowest BCUT2D eigenvalue weighted by Crippen LogP contribution is -2.47. The monoisotopic (exact) mass is 289 g/mol. The van der Waals surface area contributed by atoms with Gasteiger partial charge in [-0.05, 0) is 18.6 Å². The summed E-state index contributed by atoms with van der Waals surface area (Å²) in [5.74, 6) is -1.04. The zero-order valence-electron chi connectivity index (χ0n) is 12.1. The molecular formula is C15H19N3O3. The number of para-hydroxylation sites is 1. The van der Waals surface area contributed by atoms with Crippen LogP contribution in [0.15, 0.2) is 30.5 Å². The molecule has 112 valence electrons. The number of rotatable bonds is 5. The van der Waals surface area contributed by atoms with Gasteiger partial charge in [0.1, 0.15) is 6.04 Å². The van der Waals surface area contributed by atoms with Crippen LogP contribution in [-0.4, -0.2) is 46.6 Å². The Morgan fingerprint density at radius 3 is 2.76 bits per heavy atom. The van der Waals surface area contributed by atoms with Crippen molar-refractivity contribution >= 4 is 22.9 Å². The summed E-state index contributed by atoms with van der Waals surface area (Å²) in [6, 6.07) is 6.34. The molecule has 1 aromatic heterocycles. The number of carboxylic acid groups (broad SMARTS) is 1. The smallest absolute Gasteiger partial charge is 0.326 e. The molecule has 1 atom stereocenters. The van der Waals surface area contributed by atoms with Gasteiger partial charge in [-0.2, -0.15) is 0 Å². The van der Waals surface area contributed by atoms with Crippen LogP contribution in [0.1, 0.15) is 12.5 Å². The minimum Gasteiger partial charge on any atom is -0.480 e. The minimum atomic E-state index is -1.04. The molecule has 0 spiro atoms. The van der Waals surface area contributed by atoms with Crippen LogP contribution in [0.25, 0.3) is 10.9 Å². The third-order valence-corrected chi connectivity index (χ3v) is 3.52. The second kappa shape index (κ2) is 6.30. The van der Waals surface area contributed by atoms with Crippen molar-refractivity contribution in [2.24, 2.45) is 0 Å². The highest BCUT2D eigenvalue weighted by Crippen LogP contribution is 2.19. The van der Waals surface area contributed by atoms with E-state index in [2.05, 4.69) is 10.3 Å². The van der Waals surface area contributed by atoms with E-state index < -0.39 is 12.0 Å². The molecule has 0 aliphatic rings. The molecule has 0 radical (unpaired) electrons. The standard InChI is InChI=1S/C15H19N3O3/c1-3-18(2)15(21)17-13(14(19)20)8-10-9-16-12-7-5-4-6-11(10)12/h4-7,9,13,16H,3,8H2,1-2H3,(H,17,21)(H,19,20)/t13-/m0/s1. The number of aliphatic carboxylic acids is 1. The molecule has 0 unspecified atom stereocenters. The van der Waals surface area contributed by atoms with E-state index in [1.54, 1.807) is 13.2 Å². The lowest BCUT2D eigenvalue weighted by Gasteiger charge is -2.20. The van der Waals surface area contributed by atoms with E-state index in [1.165, 1.54) is 4.90 Å². The van der Waals surface area contributed by atoms with Gasteiger partial charge in [-0.25, -0.2) is 9.59 Å². The van der Waals surface area contributed by atoms with Gasteiger partial charge in [0.05, 0.1) is 0 Å². The van der Waals surface area contributed by atoms with Crippen LogP contribution in [-0.2, 0) is 11.2 Å². The summed E-state index contributed by atoms with van der Waals surface area (Å²) >= 11 is 0. The van der Waals surface area contributed by atoms with Crippen LogP contribution >= 0.6 is 0 Å². The Morgan fingerprint density at radius 2 is 2.10 bits per heavy atom. The van der Waals surface area contributed by atoms with Gasteiger partial charge in [0.25, 0.3) is 0 Å². The number of aromatic amines is 1. The number of hydrogen-bond donors (Lipinski definition) is 3. The van der Waals surface area contributed by atoms with Crippen LogP contribution in [0.2, 0.25) is 0 Å². The van der Waals surface area contributed by atoms with Gasteiger partial charge in [0.15, 0.2) is 0 Å². The third kappa shape index (κ3) is 3.34. The fourth-order valence-electron chi connectivity index (χ4n) is 2.12. The molecule has 0 aliphatic carbocycles. The second-order valence-corrected chi connectivity index (χ2v) is 4.92. The maximum atomic E-state index is 11.8. The van der Waals surface area contributed by atoms with Gasteiger partial charge >= 0.3 is 12.0 Å². The number of nitrogens with zero attached hydrogens (tertiary/aromatic N) is 1. The molecule has 2 amide bonds. The molecule has 6 nitrogen and oxygen atoms in total.